The van der Waals surface area contributed by atoms with Gasteiger partial charge in [-0.25, -0.2) is 9.59 Å². The average molecular weight is 377 g/mol. The zero-order chi connectivity index (χ0) is 19.4. The summed E-state index contributed by atoms with van der Waals surface area (Å²) < 4.78 is 10.3. The maximum absolute atomic E-state index is 12.2. The third-order valence-corrected chi connectivity index (χ3v) is 4.60. The number of nitrogens with two attached hydrogens (primary N) is 1. The van der Waals surface area contributed by atoms with Crippen LogP contribution in [0, 0.1) is 5.41 Å². The monoisotopic (exact) mass is 377 g/mol. The highest BCUT2D eigenvalue weighted by atomic mass is 16.7. The molecule has 5 N–H and O–H groups in total. The van der Waals surface area contributed by atoms with Crippen LogP contribution in [0.15, 0.2) is 24.3 Å². The Bertz CT molecular complexity index is 702. The average Bonchev–Trinajstić information content (AvgIpc) is 2.97. The molecule has 27 heavy (non-hydrogen) atoms. The molecule has 2 aliphatic heterocycles. The Labute approximate surface area is 156 Å². The van der Waals surface area contributed by atoms with E-state index >= 15 is 0 Å². The molecular formula is C17H23N5O5. The third-order valence-electron chi connectivity index (χ3n) is 4.60. The Kier molecular flexibility index (Phi) is 5.65. The van der Waals surface area contributed by atoms with Crippen LogP contribution in [0.5, 0.6) is 0 Å². The number of carbonyl (C=O) groups is 2. The molecule has 2 fully saturated rings. The van der Waals surface area contributed by atoms with E-state index in [1.807, 2.05) is 0 Å². The van der Waals surface area contributed by atoms with Crippen molar-refractivity contribution in [1.82, 2.24) is 4.90 Å². The zero-order valence-corrected chi connectivity index (χ0v) is 14.8. The molecule has 0 radical (unpaired) electrons. The molecule has 0 spiro atoms. The fourth-order valence-corrected chi connectivity index (χ4v) is 3.35. The van der Waals surface area contributed by atoms with E-state index in [0.29, 0.717) is 50.4 Å². The quantitative estimate of drug-likeness (QED) is 0.343. The van der Waals surface area contributed by atoms with Crippen molar-refractivity contribution < 1.29 is 24.2 Å². The summed E-state index contributed by atoms with van der Waals surface area (Å²) in [4.78, 5) is 26.5. The van der Waals surface area contributed by atoms with E-state index < -0.39 is 12.2 Å². The number of hydrogen-bond donors (Lipinski definition) is 4. The highest BCUT2D eigenvalue weighted by Gasteiger charge is 2.34. The smallest absolute Gasteiger partial charge is 0.450 e. The summed E-state index contributed by atoms with van der Waals surface area (Å²) in [5, 5.41) is 18.6. The van der Waals surface area contributed by atoms with Crippen molar-refractivity contribution in [3.8, 4) is 0 Å². The first-order chi connectivity index (χ1) is 12.9. The molecule has 2 saturated heterocycles. The van der Waals surface area contributed by atoms with Crippen LogP contribution in [-0.4, -0.2) is 66.6 Å². The molecule has 2 heterocycles. The first kappa shape index (κ1) is 18.8. The summed E-state index contributed by atoms with van der Waals surface area (Å²) in [7, 11) is 0. The molecule has 1 unspecified atom stereocenters. The number of amides is 1. The maximum atomic E-state index is 12.2. The fraction of sp³-hybridized carbons (Fsp3) is 0.471. The molecule has 1 atom stereocenters. The van der Waals surface area contributed by atoms with E-state index in [1.165, 1.54) is 0 Å². The van der Waals surface area contributed by atoms with Crippen LogP contribution >= 0.6 is 0 Å². The molecule has 0 saturated carbocycles. The van der Waals surface area contributed by atoms with Crippen LogP contribution < -0.4 is 16.0 Å². The second kappa shape index (κ2) is 8.12. The summed E-state index contributed by atoms with van der Waals surface area (Å²) in [6.07, 6.45) is -0.856. The lowest BCUT2D eigenvalue weighted by Gasteiger charge is -2.31. The molecule has 0 bridgehead atoms. The molecule has 0 aromatic heterocycles. The third kappa shape index (κ3) is 5.00. The highest BCUT2D eigenvalue weighted by molar-refractivity contribution is 5.92. The minimum atomic E-state index is -1.24. The Hall–Kier alpha value is -3.01. The Morgan fingerprint density at radius 1 is 1.33 bits per heavy atom. The number of anilines is 2. The summed E-state index contributed by atoms with van der Waals surface area (Å²) in [6, 6.07) is 7.02. The Morgan fingerprint density at radius 3 is 2.59 bits per heavy atom. The van der Waals surface area contributed by atoms with E-state index in [-0.39, 0.29) is 18.2 Å². The van der Waals surface area contributed by atoms with Crippen molar-refractivity contribution in [3.05, 3.63) is 24.3 Å². The van der Waals surface area contributed by atoms with Gasteiger partial charge in [0.1, 0.15) is 12.2 Å². The predicted molar refractivity (Wildman–Crippen MR) is 98.2 cm³/mol. The molecular weight excluding hydrogens is 354 g/mol. The zero-order valence-electron chi connectivity index (χ0n) is 14.8. The lowest BCUT2D eigenvalue weighted by atomic mass is 10.1. The molecule has 0 aliphatic carbocycles. The number of piperidine rings is 1. The van der Waals surface area contributed by atoms with Crippen LogP contribution in [-0.2, 0) is 9.47 Å². The van der Waals surface area contributed by atoms with Gasteiger partial charge in [-0.2, -0.15) is 0 Å². The van der Waals surface area contributed by atoms with Crippen molar-refractivity contribution in [2.75, 3.05) is 36.4 Å². The Morgan fingerprint density at radius 2 is 2.00 bits per heavy atom. The summed E-state index contributed by atoms with van der Waals surface area (Å²) in [5.41, 5.74) is 6.67. The van der Waals surface area contributed by atoms with Crippen molar-refractivity contribution in [3.63, 3.8) is 0 Å². The van der Waals surface area contributed by atoms with Crippen molar-refractivity contribution in [2.45, 2.75) is 25.0 Å². The van der Waals surface area contributed by atoms with Gasteiger partial charge in [-0.1, -0.05) is 0 Å². The van der Waals surface area contributed by atoms with Gasteiger partial charge in [0.25, 0.3) is 0 Å². The van der Waals surface area contributed by atoms with Gasteiger partial charge in [-0.3, -0.25) is 15.2 Å². The van der Waals surface area contributed by atoms with Gasteiger partial charge in [-0.05, 0) is 37.1 Å². The second-order valence-corrected chi connectivity index (χ2v) is 6.59. The number of guanidine groups is 1. The van der Waals surface area contributed by atoms with Crippen molar-refractivity contribution in [1.29, 1.82) is 5.41 Å². The number of rotatable bonds is 5. The number of cyclic esters (lactones) is 1. The van der Waals surface area contributed by atoms with Gasteiger partial charge in [-0.15, -0.1) is 0 Å². The molecule has 1 aromatic carbocycles. The number of carbonyl (C=O) groups excluding carboxylic acids is 1. The van der Waals surface area contributed by atoms with Crippen LogP contribution in [0.2, 0.25) is 0 Å². The fourth-order valence-electron chi connectivity index (χ4n) is 3.35. The van der Waals surface area contributed by atoms with Crippen LogP contribution in [0.4, 0.5) is 21.0 Å². The standard InChI is InChI=1S/C17H23N5O5/c18-15(19)20-11-1-3-12(4-2-11)22-10-14(26-16(22)23)9-21-7-5-13(6-8-21)27-17(24)25/h1-4,13-14H,5-10H2,(H,24,25)(H4,18,19,20). The summed E-state index contributed by atoms with van der Waals surface area (Å²) in [6.45, 7) is 2.46. The molecule has 3 rings (SSSR count). The van der Waals surface area contributed by atoms with Crippen LogP contribution in [0.1, 0.15) is 12.8 Å². The number of benzene rings is 1. The van der Waals surface area contributed by atoms with Gasteiger partial charge in [0.15, 0.2) is 5.96 Å². The van der Waals surface area contributed by atoms with Gasteiger partial charge in [0.05, 0.1) is 6.54 Å². The van der Waals surface area contributed by atoms with Gasteiger partial charge in [0.2, 0.25) is 0 Å². The number of ether oxygens (including phenoxy) is 2. The maximum Gasteiger partial charge on any atom is 0.506 e. The number of nitrogens with zero attached hydrogens (tertiary/aromatic N) is 2. The van der Waals surface area contributed by atoms with Crippen LogP contribution in [0.25, 0.3) is 0 Å². The van der Waals surface area contributed by atoms with E-state index in [1.54, 1.807) is 29.2 Å². The highest BCUT2D eigenvalue weighted by Crippen LogP contribution is 2.24. The van der Waals surface area contributed by atoms with Gasteiger partial charge >= 0.3 is 12.2 Å². The minimum Gasteiger partial charge on any atom is -0.450 e. The van der Waals surface area contributed by atoms with Crippen LogP contribution in [0.3, 0.4) is 0 Å². The molecule has 2 aliphatic rings. The first-order valence-electron chi connectivity index (χ1n) is 8.72. The number of carboxylic acid groups (broad SMARTS) is 1. The lowest BCUT2D eigenvalue weighted by molar-refractivity contribution is 0.0125. The Balaban J connectivity index is 1.50. The van der Waals surface area contributed by atoms with Gasteiger partial charge < -0.3 is 25.6 Å². The minimum absolute atomic E-state index is 0.152. The first-order valence-corrected chi connectivity index (χ1v) is 8.72. The van der Waals surface area contributed by atoms with E-state index in [4.69, 9.17) is 25.7 Å². The second-order valence-electron chi connectivity index (χ2n) is 6.59. The van der Waals surface area contributed by atoms with E-state index in [9.17, 15) is 9.59 Å². The molecule has 1 amide bonds. The normalized spacial score (nSPS) is 21.0. The van der Waals surface area contributed by atoms with E-state index in [0.717, 1.165) is 0 Å². The largest absolute Gasteiger partial charge is 0.506 e. The SMILES string of the molecule is N=C(N)Nc1ccc(N2CC(CN3CCC(OC(=O)O)CC3)OC2=O)cc1. The van der Waals surface area contributed by atoms with E-state index in [2.05, 4.69) is 10.2 Å². The molecule has 146 valence electrons. The summed E-state index contributed by atoms with van der Waals surface area (Å²) >= 11 is 0. The number of nitrogens with one attached hydrogen (secondary N) is 2. The molecule has 10 heteroatoms. The lowest BCUT2D eigenvalue weighted by Crippen LogP contribution is -2.42. The molecule has 1 aromatic rings. The van der Waals surface area contributed by atoms with Crippen molar-refractivity contribution in [2.24, 2.45) is 5.73 Å². The molecule has 10 nitrogen and oxygen atoms in total. The predicted octanol–water partition coefficient (Wildman–Crippen LogP) is 1.48. The number of hydrogen-bond acceptors (Lipinski definition) is 6. The topological polar surface area (TPSA) is 141 Å². The number of likely N-dealkylation sites (tertiary alicyclic amines) is 1. The summed E-state index contributed by atoms with van der Waals surface area (Å²) in [5.74, 6) is -0.152. The van der Waals surface area contributed by atoms with Gasteiger partial charge in [0, 0.05) is 31.0 Å². The van der Waals surface area contributed by atoms with Crippen molar-refractivity contribution >= 4 is 29.6 Å².